The molecule has 302 valence electrons. The Kier molecular flexibility index (Phi) is 11.6. The van der Waals surface area contributed by atoms with Gasteiger partial charge in [0, 0.05) is 63.0 Å². The Morgan fingerprint density at radius 1 is 0.966 bits per heavy atom. The van der Waals surface area contributed by atoms with Gasteiger partial charge in [0.05, 0.1) is 33.6 Å². The third-order valence-corrected chi connectivity index (χ3v) is 11.6. The van der Waals surface area contributed by atoms with Gasteiger partial charge in [0.25, 0.3) is 5.91 Å². The maximum Gasteiger partial charge on any atom is 0.252 e. The van der Waals surface area contributed by atoms with Gasteiger partial charge in [-0.3, -0.25) is 14.4 Å². The highest BCUT2D eigenvalue weighted by molar-refractivity contribution is 7.13. The number of rotatable bonds is 10. The van der Waals surface area contributed by atoms with E-state index in [0.29, 0.717) is 54.5 Å². The van der Waals surface area contributed by atoms with Crippen molar-refractivity contribution in [2.75, 3.05) is 48.3 Å². The van der Waals surface area contributed by atoms with Crippen LogP contribution in [0.5, 0.6) is 5.75 Å². The molecule has 2 saturated heterocycles. The number of thiazole rings is 1. The Morgan fingerprint density at radius 2 is 1.69 bits per heavy atom. The number of phenols is 1. The molecule has 2 aromatic carbocycles. The molecule has 2 fully saturated rings. The summed E-state index contributed by atoms with van der Waals surface area (Å²) in [6, 6.07) is 18.0. The molecule has 0 spiro atoms. The van der Waals surface area contributed by atoms with E-state index in [0.717, 1.165) is 21.7 Å². The van der Waals surface area contributed by atoms with Gasteiger partial charge in [-0.05, 0) is 53.8 Å². The molecule has 2 aliphatic heterocycles. The van der Waals surface area contributed by atoms with Gasteiger partial charge in [-0.2, -0.15) is 0 Å². The van der Waals surface area contributed by atoms with Crippen molar-refractivity contribution in [1.82, 2.24) is 35.7 Å². The second-order valence-electron chi connectivity index (χ2n) is 15.7. The molecular formula is C42H48N10O5S. The lowest BCUT2D eigenvalue weighted by Gasteiger charge is -2.37. The molecular weight excluding hydrogens is 757 g/mol. The molecule has 3 aromatic heterocycles. The van der Waals surface area contributed by atoms with Crippen molar-refractivity contribution in [3.8, 4) is 27.4 Å². The smallest absolute Gasteiger partial charge is 0.252 e. The molecule has 0 radical (unpaired) electrons. The molecule has 0 aliphatic carbocycles. The fourth-order valence-corrected chi connectivity index (χ4v) is 8.18. The molecule has 5 aromatic rings. The summed E-state index contributed by atoms with van der Waals surface area (Å²) in [6.07, 6.45) is 0.778. The lowest BCUT2D eigenvalue weighted by molar-refractivity contribution is -0.142. The summed E-state index contributed by atoms with van der Waals surface area (Å²) in [5, 5.41) is 35.2. The molecule has 15 nitrogen and oxygen atoms in total. The van der Waals surface area contributed by atoms with Crippen LogP contribution in [0, 0.1) is 12.3 Å². The van der Waals surface area contributed by atoms with Gasteiger partial charge >= 0.3 is 0 Å². The number of anilines is 3. The number of pyridine rings is 1. The number of amides is 3. The molecule has 3 atom stereocenters. The average molecular weight is 805 g/mol. The zero-order valence-corrected chi connectivity index (χ0v) is 33.7. The first-order valence-electron chi connectivity index (χ1n) is 19.2. The van der Waals surface area contributed by atoms with Crippen molar-refractivity contribution >= 4 is 46.4 Å². The predicted octanol–water partition coefficient (Wildman–Crippen LogP) is 4.01. The highest BCUT2D eigenvalue weighted by atomic mass is 32.1. The van der Waals surface area contributed by atoms with Crippen LogP contribution in [0.2, 0.25) is 0 Å². The zero-order valence-electron chi connectivity index (χ0n) is 32.9. The number of aromatic nitrogens is 4. The lowest BCUT2D eigenvalue weighted by Crippen LogP contribution is -2.57. The molecule has 0 unspecified atom stereocenters. The number of β-amino-alcohol motifs (C(OH)–C–C–N with tert-alkyl or cyclic N) is 1. The summed E-state index contributed by atoms with van der Waals surface area (Å²) in [5.74, 6) is -0.280. The Labute approximate surface area is 340 Å². The van der Waals surface area contributed by atoms with Crippen molar-refractivity contribution in [1.29, 1.82) is 0 Å². The molecule has 7 rings (SSSR count). The summed E-state index contributed by atoms with van der Waals surface area (Å²) in [4.78, 5) is 57.1. The maximum atomic E-state index is 14.2. The third kappa shape index (κ3) is 8.72. The lowest BCUT2D eigenvalue weighted by atomic mass is 9.85. The number of hydrogen-bond acceptors (Lipinski definition) is 13. The number of piperazine rings is 1. The Balaban J connectivity index is 0.985. The number of nitrogen functional groups attached to an aromatic ring is 1. The minimum atomic E-state index is -0.995. The number of phenolic OH excluding ortho intramolecular Hbond substituents is 1. The second-order valence-corrected chi connectivity index (χ2v) is 16.6. The highest BCUT2D eigenvalue weighted by Crippen LogP contribution is 2.33. The van der Waals surface area contributed by atoms with Crippen LogP contribution in [0.4, 0.5) is 17.3 Å². The minimum absolute atomic E-state index is 0.0229. The maximum absolute atomic E-state index is 14.2. The fraction of sp³-hybridized carbons (Fsp3) is 0.357. The summed E-state index contributed by atoms with van der Waals surface area (Å²) in [6.45, 7) is 10.1. The molecule has 5 heterocycles. The Bertz CT molecular complexity index is 2290. The third-order valence-electron chi connectivity index (χ3n) is 10.6. The first-order chi connectivity index (χ1) is 27.8. The predicted molar refractivity (Wildman–Crippen MR) is 223 cm³/mol. The average Bonchev–Trinajstić information content (AvgIpc) is 3.84. The molecule has 2 aliphatic rings. The van der Waals surface area contributed by atoms with E-state index >= 15 is 0 Å². The van der Waals surface area contributed by atoms with Gasteiger partial charge in [-0.25, -0.2) is 9.97 Å². The van der Waals surface area contributed by atoms with Crippen LogP contribution in [0.25, 0.3) is 21.7 Å². The van der Waals surface area contributed by atoms with Crippen LogP contribution in [0.1, 0.15) is 48.8 Å². The van der Waals surface area contributed by atoms with E-state index < -0.39 is 35.4 Å². The van der Waals surface area contributed by atoms with E-state index in [1.807, 2.05) is 69.6 Å². The molecule has 16 heteroatoms. The SMILES string of the molecule is Cc1ncsc1-c1ccc(CNC(=O)[C@@H]2C[C@@H](O)CN2C(=O)[C@@H](NC(=O)c2ccnc(N3CCN(c4cc(-c5ccccc5O)nnc4N)CC3)c2)C(C)(C)C)cc1. The van der Waals surface area contributed by atoms with E-state index in [4.69, 9.17) is 5.73 Å². The number of aryl methyl sites for hydroxylation is 1. The zero-order chi connectivity index (χ0) is 41.1. The van der Waals surface area contributed by atoms with Crippen LogP contribution in [0.15, 0.2) is 78.4 Å². The highest BCUT2D eigenvalue weighted by Gasteiger charge is 2.44. The topological polar surface area (TPSA) is 203 Å². The fourth-order valence-electron chi connectivity index (χ4n) is 7.37. The number of para-hydroxylation sites is 1. The Hall–Kier alpha value is -6.13. The monoisotopic (exact) mass is 804 g/mol. The van der Waals surface area contributed by atoms with Crippen molar-refractivity contribution in [2.45, 2.75) is 58.8 Å². The quantitative estimate of drug-likeness (QED) is 0.136. The number of nitrogens with one attached hydrogen (secondary N) is 2. The van der Waals surface area contributed by atoms with Gasteiger partial charge in [0.1, 0.15) is 23.7 Å². The van der Waals surface area contributed by atoms with E-state index in [2.05, 4.69) is 40.6 Å². The second kappa shape index (κ2) is 16.8. The molecule has 6 N–H and O–H groups in total. The Morgan fingerprint density at radius 3 is 2.38 bits per heavy atom. The van der Waals surface area contributed by atoms with E-state index in [1.54, 1.807) is 47.9 Å². The van der Waals surface area contributed by atoms with Gasteiger partial charge in [0.2, 0.25) is 11.8 Å². The number of carbonyl (C=O) groups excluding carboxylic acids is 3. The summed E-state index contributed by atoms with van der Waals surface area (Å²) in [5.41, 5.74) is 12.3. The van der Waals surface area contributed by atoms with Crippen LogP contribution in [-0.2, 0) is 16.1 Å². The summed E-state index contributed by atoms with van der Waals surface area (Å²) >= 11 is 1.57. The number of carbonyl (C=O) groups is 3. The van der Waals surface area contributed by atoms with Crippen molar-refractivity contribution in [3.63, 3.8) is 0 Å². The largest absolute Gasteiger partial charge is 0.507 e. The van der Waals surface area contributed by atoms with E-state index in [9.17, 15) is 24.6 Å². The number of aromatic hydroxyl groups is 1. The van der Waals surface area contributed by atoms with Crippen LogP contribution in [-0.4, -0.2) is 104 Å². The van der Waals surface area contributed by atoms with E-state index in [1.165, 1.54) is 4.90 Å². The summed E-state index contributed by atoms with van der Waals surface area (Å²) < 4.78 is 0. The molecule has 58 heavy (non-hydrogen) atoms. The van der Waals surface area contributed by atoms with Crippen LogP contribution < -0.4 is 26.2 Å². The van der Waals surface area contributed by atoms with Crippen molar-refractivity contribution < 1.29 is 24.6 Å². The normalized spacial score (nSPS) is 17.6. The van der Waals surface area contributed by atoms with Gasteiger partial charge < -0.3 is 41.3 Å². The number of nitrogens with two attached hydrogens (primary N) is 1. The number of hydrogen-bond donors (Lipinski definition) is 5. The molecule has 0 saturated carbocycles. The van der Waals surface area contributed by atoms with Gasteiger partial charge in [0.15, 0.2) is 5.82 Å². The number of likely N-dealkylation sites (tertiary alicyclic amines) is 1. The standard InChI is InChI=1S/C42H48N10O5S/c1-25-36(58-24-46-25)27-11-9-26(10-12-27)22-45-40(56)33-20-29(53)23-52(33)41(57)37(42(2,3)4)47-39(55)28-13-14-44-35(19-28)51-17-15-50(16-18-51)32-21-31(48-49-38(32)43)30-7-5-6-8-34(30)54/h5-14,19,21,24,29,33,37,53-54H,15-18,20,22-23H2,1-4H3,(H2,43,49)(H,45,56)(H,47,55)/t29-,33+,37-/m1/s1. The molecule has 0 bridgehead atoms. The minimum Gasteiger partial charge on any atom is -0.507 e. The summed E-state index contributed by atoms with van der Waals surface area (Å²) in [7, 11) is 0. The first kappa shape index (κ1) is 40.1. The number of nitrogens with zero attached hydrogens (tertiary/aromatic N) is 7. The van der Waals surface area contributed by atoms with Gasteiger partial charge in [-0.15, -0.1) is 21.5 Å². The number of benzene rings is 2. The number of aliphatic hydroxyl groups is 1. The van der Waals surface area contributed by atoms with Crippen LogP contribution in [0.3, 0.4) is 0 Å². The van der Waals surface area contributed by atoms with Gasteiger partial charge in [-0.1, -0.05) is 57.2 Å². The van der Waals surface area contributed by atoms with Crippen LogP contribution >= 0.6 is 11.3 Å². The molecule has 3 amide bonds. The first-order valence-corrected chi connectivity index (χ1v) is 20.1. The van der Waals surface area contributed by atoms with Crippen molar-refractivity contribution in [3.05, 3.63) is 95.3 Å². The van der Waals surface area contributed by atoms with Crippen molar-refractivity contribution in [2.24, 2.45) is 5.41 Å². The number of aliphatic hydroxyl groups excluding tert-OH is 1. The van der Waals surface area contributed by atoms with E-state index in [-0.39, 0.29) is 37.0 Å².